The van der Waals surface area contributed by atoms with Gasteiger partial charge in [0.2, 0.25) is 0 Å². The lowest BCUT2D eigenvalue weighted by atomic mass is 9.71. The fraction of sp³-hybridized carbons (Fsp3) is 0.286. The topological polar surface area (TPSA) is 13.1 Å². The van der Waals surface area contributed by atoms with E-state index in [2.05, 4.69) is 154 Å². The number of fused-ring (bicyclic) bond motifs is 17. The summed E-state index contributed by atoms with van der Waals surface area (Å²) >= 11 is 2.00. The summed E-state index contributed by atoms with van der Waals surface area (Å²) in [6.45, 7) is 24.0. The van der Waals surface area contributed by atoms with Gasteiger partial charge in [-0.25, -0.2) is 0 Å². The normalized spacial score (nSPS) is 17.0. The zero-order chi connectivity index (χ0) is 39.8. The minimum absolute atomic E-state index is 0.214. The van der Waals surface area contributed by atoms with Crippen molar-refractivity contribution in [2.75, 3.05) is 0 Å². The maximum absolute atomic E-state index is 7.04. The first-order valence-electron chi connectivity index (χ1n) is 21.8. The molecule has 4 aliphatic rings. The van der Waals surface area contributed by atoms with Gasteiger partial charge in [-0.1, -0.05) is 130 Å². The van der Waals surface area contributed by atoms with Crippen molar-refractivity contribution in [3.05, 3.63) is 162 Å². The minimum atomic E-state index is 0.214. The monoisotopic (exact) mass is 770 g/mol. The second-order valence-corrected chi connectivity index (χ2v) is 20.1. The Kier molecular flexibility index (Phi) is 7.04. The summed E-state index contributed by atoms with van der Waals surface area (Å²) in [7, 11) is 0. The summed E-state index contributed by atoms with van der Waals surface area (Å²) in [5.74, 6) is 3.18. The second kappa shape index (κ2) is 11.7. The third-order valence-corrected chi connectivity index (χ3v) is 15.7. The van der Waals surface area contributed by atoms with Crippen molar-refractivity contribution in [3.8, 4) is 21.8 Å². The van der Waals surface area contributed by atoms with Gasteiger partial charge in [0.25, 0.3) is 0 Å². The Morgan fingerprint density at radius 3 is 1.60 bits per heavy atom. The molecule has 2 aromatic heterocycles. The molecule has 12 rings (SSSR count). The van der Waals surface area contributed by atoms with E-state index in [1.165, 1.54) is 131 Å². The van der Waals surface area contributed by atoms with E-state index in [1.54, 1.807) is 0 Å². The Labute approximate surface area is 345 Å². The molecule has 0 saturated carbocycles. The molecule has 2 heterocycles. The Hall–Kier alpha value is -5.18. The average molecular weight is 771 g/mol. The third-order valence-electron chi connectivity index (χ3n) is 14.5. The van der Waals surface area contributed by atoms with Gasteiger partial charge in [-0.2, -0.15) is 0 Å². The van der Waals surface area contributed by atoms with E-state index < -0.39 is 0 Å². The van der Waals surface area contributed by atoms with Gasteiger partial charge in [0, 0.05) is 60.0 Å². The summed E-state index contributed by atoms with van der Waals surface area (Å²) in [5.41, 5.74) is 24.0. The molecule has 0 radical (unpaired) electrons. The van der Waals surface area contributed by atoms with Gasteiger partial charge in [0.15, 0.2) is 0 Å². The molecule has 286 valence electrons. The van der Waals surface area contributed by atoms with Crippen molar-refractivity contribution in [2.24, 2.45) is 0 Å². The number of para-hydroxylation sites is 1. The van der Waals surface area contributed by atoms with Crippen molar-refractivity contribution >= 4 is 54.3 Å². The van der Waals surface area contributed by atoms with E-state index in [1.807, 2.05) is 11.3 Å². The van der Waals surface area contributed by atoms with Gasteiger partial charge in [-0.05, 0) is 130 Å². The maximum Gasteiger partial charge on any atom is 0.143 e. The van der Waals surface area contributed by atoms with Crippen LogP contribution in [0.25, 0.3) is 64.7 Å². The van der Waals surface area contributed by atoms with Crippen LogP contribution in [0.1, 0.15) is 172 Å². The van der Waals surface area contributed by atoms with Crippen LogP contribution in [0.3, 0.4) is 0 Å². The van der Waals surface area contributed by atoms with Crippen LogP contribution in [0.15, 0.2) is 89.3 Å². The Balaban J connectivity index is 1.31. The Bertz CT molecular complexity index is 3100. The highest BCUT2D eigenvalue weighted by Gasteiger charge is 2.42. The van der Waals surface area contributed by atoms with Gasteiger partial charge in [-0.15, -0.1) is 11.3 Å². The molecule has 6 aromatic carbocycles. The van der Waals surface area contributed by atoms with Crippen LogP contribution in [0, 0.1) is 0 Å². The van der Waals surface area contributed by atoms with Crippen LogP contribution in [0.5, 0.6) is 0 Å². The summed E-state index contributed by atoms with van der Waals surface area (Å²) in [6.07, 6.45) is 0. The first kappa shape index (κ1) is 34.8. The molecule has 0 amide bonds. The molecular formula is C56H50OS. The lowest BCUT2D eigenvalue weighted by Gasteiger charge is -2.32. The number of thiophene rings is 1. The molecule has 0 N–H and O–H groups in total. The smallest absolute Gasteiger partial charge is 0.143 e. The lowest BCUT2D eigenvalue weighted by molar-refractivity contribution is 0.631. The minimum Gasteiger partial charge on any atom is -0.455 e. The molecule has 0 spiro atoms. The Morgan fingerprint density at radius 2 is 1.02 bits per heavy atom. The highest BCUT2D eigenvalue weighted by Crippen LogP contribution is 2.56. The number of rotatable bonds is 4. The second-order valence-electron chi connectivity index (χ2n) is 19.1. The van der Waals surface area contributed by atoms with Crippen molar-refractivity contribution in [2.45, 2.75) is 105 Å². The average Bonchev–Trinajstić information content (AvgIpc) is 3.94. The standard InChI is InChI=1S/C56H50OS/c1-25(2)31-19-35(27(5)6)47-37(21-31)29(9)45-40-24-42-50-46(39(40)23-41-49(45)53(47)51-33-15-11-13-17-43(33)57-55(41)51)30(10)38-22-32(26(3)4)20-36(28(7)8)48(38)54(50)52-34-16-12-14-18-44(34)58-56(42)52/h11-30H,1-10H3. The molecule has 0 saturated heterocycles. The number of hydrogen-bond acceptors (Lipinski definition) is 2. The fourth-order valence-corrected chi connectivity index (χ4v) is 12.9. The molecule has 2 atom stereocenters. The van der Waals surface area contributed by atoms with Gasteiger partial charge < -0.3 is 4.42 Å². The SMILES string of the molecule is CC(C)c1cc(C(C)C)c2c(c1)C(C)c1c3c(cc4c5c6c(cc14)-c1sc4ccccc4c1C=6c1c(C(C)C)cc(C(C)C)cc1C5C)-c1oc4ccccc4c1C=32. The van der Waals surface area contributed by atoms with E-state index in [0.29, 0.717) is 23.7 Å². The summed E-state index contributed by atoms with van der Waals surface area (Å²) in [4.78, 5) is 1.44. The molecule has 0 fully saturated rings. The van der Waals surface area contributed by atoms with Gasteiger partial charge >= 0.3 is 0 Å². The van der Waals surface area contributed by atoms with Gasteiger partial charge in [-0.3, -0.25) is 0 Å². The predicted molar refractivity (Wildman–Crippen MR) is 247 cm³/mol. The van der Waals surface area contributed by atoms with Crippen molar-refractivity contribution in [3.63, 3.8) is 0 Å². The van der Waals surface area contributed by atoms with Gasteiger partial charge in [0.1, 0.15) is 11.3 Å². The number of benzene rings is 6. The molecular weight excluding hydrogens is 721 g/mol. The molecule has 1 nitrogen and oxygen atoms in total. The van der Waals surface area contributed by atoms with E-state index in [0.717, 1.165) is 11.3 Å². The van der Waals surface area contributed by atoms with Crippen molar-refractivity contribution < 1.29 is 4.42 Å². The van der Waals surface area contributed by atoms with E-state index in [4.69, 9.17) is 4.42 Å². The molecule has 0 aliphatic heterocycles. The highest BCUT2D eigenvalue weighted by atomic mass is 32.1. The van der Waals surface area contributed by atoms with Gasteiger partial charge in [0.05, 0.1) is 0 Å². The zero-order valence-corrected chi connectivity index (χ0v) is 36.2. The lowest BCUT2D eigenvalue weighted by Crippen LogP contribution is -2.27. The number of furan rings is 1. The molecule has 2 unspecified atom stereocenters. The van der Waals surface area contributed by atoms with Crippen molar-refractivity contribution in [1.29, 1.82) is 0 Å². The molecule has 58 heavy (non-hydrogen) atoms. The third kappa shape index (κ3) is 4.22. The summed E-state index contributed by atoms with van der Waals surface area (Å²) < 4.78 is 8.42. The molecule has 2 heteroatoms. The van der Waals surface area contributed by atoms with E-state index in [-0.39, 0.29) is 11.8 Å². The van der Waals surface area contributed by atoms with E-state index >= 15 is 0 Å². The Morgan fingerprint density at radius 1 is 0.500 bits per heavy atom. The van der Waals surface area contributed by atoms with Crippen molar-refractivity contribution in [1.82, 2.24) is 0 Å². The quantitative estimate of drug-likeness (QED) is 0.174. The highest BCUT2D eigenvalue weighted by molar-refractivity contribution is 7.22. The number of hydrogen-bond donors (Lipinski definition) is 0. The summed E-state index contributed by atoms with van der Waals surface area (Å²) in [5, 5.41) is 8.32. The van der Waals surface area contributed by atoms with Crippen LogP contribution < -0.4 is 10.4 Å². The zero-order valence-electron chi connectivity index (χ0n) is 35.4. The van der Waals surface area contributed by atoms with Crippen LogP contribution in [0.4, 0.5) is 0 Å². The van der Waals surface area contributed by atoms with Crippen LogP contribution in [-0.2, 0) is 0 Å². The van der Waals surface area contributed by atoms with E-state index in [9.17, 15) is 0 Å². The molecule has 0 bridgehead atoms. The van der Waals surface area contributed by atoms with Crippen LogP contribution in [0.2, 0.25) is 0 Å². The first-order valence-corrected chi connectivity index (χ1v) is 22.6. The predicted octanol–water partition coefficient (Wildman–Crippen LogP) is 14.7. The van der Waals surface area contributed by atoms with Crippen LogP contribution in [-0.4, -0.2) is 0 Å². The first-order chi connectivity index (χ1) is 27.9. The summed E-state index contributed by atoms with van der Waals surface area (Å²) in [6, 6.07) is 33.3. The fourth-order valence-electron chi connectivity index (χ4n) is 11.7. The largest absolute Gasteiger partial charge is 0.455 e. The van der Waals surface area contributed by atoms with Crippen LogP contribution >= 0.6 is 11.3 Å². The molecule has 8 aromatic rings. The molecule has 4 aliphatic carbocycles. The maximum atomic E-state index is 7.04.